The van der Waals surface area contributed by atoms with Gasteiger partial charge in [-0.15, -0.1) is 0 Å². The smallest absolute Gasteiger partial charge is 0.226 e. The van der Waals surface area contributed by atoms with Crippen LogP contribution < -0.4 is 5.32 Å². The first kappa shape index (κ1) is 9.82. The summed E-state index contributed by atoms with van der Waals surface area (Å²) in [6.07, 6.45) is 3.00. The molecule has 1 amide bonds. The first-order valence-corrected chi connectivity index (χ1v) is 5.76. The molecule has 16 heavy (non-hydrogen) atoms. The molecule has 84 valence electrons. The molecule has 3 heteroatoms. The van der Waals surface area contributed by atoms with E-state index in [1.54, 1.807) is 12.1 Å². The van der Waals surface area contributed by atoms with Crippen molar-refractivity contribution in [1.29, 1.82) is 0 Å². The van der Waals surface area contributed by atoms with Crippen LogP contribution >= 0.6 is 0 Å². The predicted molar refractivity (Wildman–Crippen MR) is 58.4 cm³/mol. The van der Waals surface area contributed by atoms with Gasteiger partial charge >= 0.3 is 0 Å². The molecule has 1 aliphatic carbocycles. The maximum absolute atomic E-state index is 13.2. The molecule has 1 saturated heterocycles. The zero-order valence-electron chi connectivity index (χ0n) is 9.00. The average molecular weight is 219 g/mol. The van der Waals surface area contributed by atoms with Gasteiger partial charge in [0.1, 0.15) is 5.82 Å². The van der Waals surface area contributed by atoms with E-state index in [0.717, 1.165) is 24.8 Å². The van der Waals surface area contributed by atoms with E-state index in [2.05, 4.69) is 5.32 Å². The topological polar surface area (TPSA) is 29.1 Å². The Morgan fingerprint density at radius 2 is 2.19 bits per heavy atom. The summed E-state index contributed by atoms with van der Waals surface area (Å²) in [4.78, 5) is 11.8. The summed E-state index contributed by atoms with van der Waals surface area (Å²) in [5, 5.41) is 2.92. The molecule has 0 unspecified atom stereocenters. The number of hydrogen-bond donors (Lipinski definition) is 1. The number of hydrogen-bond acceptors (Lipinski definition) is 1. The van der Waals surface area contributed by atoms with Crippen LogP contribution in [0.4, 0.5) is 4.39 Å². The van der Waals surface area contributed by atoms with E-state index in [4.69, 9.17) is 0 Å². The van der Waals surface area contributed by atoms with E-state index in [1.807, 2.05) is 6.07 Å². The zero-order chi connectivity index (χ0) is 11.2. The number of nitrogens with one attached hydrogen (secondary N) is 1. The predicted octanol–water partition coefficient (Wildman–Crippen LogP) is 2.21. The Morgan fingerprint density at radius 3 is 2.81 bits per heavy atom. The molecule has 1 aromatic carbocycles. The van der Waals surface area contributed by atoms with Gasteiger partial charge in [-0.1, -0.05) is 18.6 Å². The molecular formula is C13H14FNO. The first-order valence-electron chi connectivity index (χ1n) is 5.76. The van der Waals surface area contributed by atoms with Gasteiger partial charge in [-0.3, -0.25) is 4.79 Å². The molecule has 0 aromatic heterocycles. The molecule has 0 bridgehead atoms. The van der Waals surface area contributed by atoms with Crippen LogP contribution in [0.15, 0.2) is 24.3 Å². The van der Waals surface area contributed by atoms with Crippen molar-refractivity contribution in [3.8, 4) is 0 Å². The third-order valence-electron chi connectivity index (χ3n) is 4.08. The molecule has 1 spiro atoms. The van der Waals surface area contributed by atoms with Crippen LogP contribution in [0.25, 0.3) is 0 Å². The minimum Gasteiger partial charge on any atom is -0.355 e. The number of rotatable bonds is 1. The van der Waals surface area contributed by atoms with Crippen molar-refractivity contribution in [2.45, 2.75) is 25.2 Å². The summed E-state index contributed by atoms with van der Waals surface area (Å²) in [5.41, 5.74) is 0.728. The number of carbonyl (C=O) groups is 1. The summed E-state index contributed by atoms with van der Waals surface area (Å²) in [6, 6.07) is 6.65. The number of amides is 1. The van der Waals surface area contributed by atoms with E-state index < -0.39 is 0 Å². The molecule has 3 rings (SSSR count). The monoisotopic (exact) mass is 219 g/mol. The third kappa shape index (κ3) is 1.20. The highest BCUT2D eigenvalue weighted by Crippen LogP contribution is 2.53. The second-order valence-corrected chi connectivity index (χ2v) is 4.83. The summed E-state index contributed by atoms with van der Waals surface area (Å²) >= 11 is 0. The summed E-state index contributed by atoms with van der Waals surface area (Å²) in [7, 11) is 0. The Bertz CT molecular complexity index is 439. The molecule has 2 fully saturated rings. The highest BCUT2D eigenvalue weighted by Gasteiger charge is 2.54. The molecule has 2 aliphatic rings. The lowest BCUT2D eigenvalue weighted by Crippen LogP contribution is -2.40. The molecular weight excluding hydrogens is 205 g/mol. The SMILES string of the molecule is O=C1NC[C@@H](c2cccc(F)c2)C12CCC2. The Kier molecular flexibility index (Phi) is 2.03. The van der Waals surface area contributed by atoms with Gasteiger partial charge in [0.05, 0.1) is 5.41 Å². The van der Waals surface area contributed by atoms with E-state index in [9.17, 15) is 9.18 Å². The highest BCUT2D eigenvalue weighted by molar-refractivity contribution is 5.87. The third-order valence-corrected chi connectivity index (χ3v) is 4.08. The van der Waals surface area contributed by atoms with Crippen LogP contribution in [0, 0.1) is 11.2 Å². The molecule has 1 heterocycles. The van der Waals surface area contributed by atoms with Crippen LogP contribution in [0.3, 0.4) is 0 Å². The highest BCUT2D eigenvalue weighted by atomic mass is 19.1. The van der Waals surface area contributed by atoms with Crippen LogP contribution in [0.5, 0.6) is 0 Å². The maximum Gasteiger partial charge on any atom is 0.226 e. The Hall–Kier alpha value is -1.38. The van der Waals surface area contributed by atoms with Crippen LogP contribution in [0.2, 0.25) is 0 Å². The fourth-order valence-corrected chi connectivity index (χ4v) is 3.02. The molecule has 1 saturated carbocycles. The van der Waals surface area contributed by atoms with Gasteiger partial charge < -0.3 is 5.32 Å². The molecule has 0 radical (unpaired) electrons. The second kappa shape index (κ2) is 3.30. The van der Waals surface area contributed by atoms with Crippen molar-refractivity contribution in [2.75, 3.05) is 6.54 Å². The van der Waals surface area contributed by atoms with Crippen LogP contribution in [-0.4, -0.2) is 12.5 Å². The van der Waals surface area contributed by atoms with Gasteiger partial charge in [-0.05, 0) is 30.5 Å². The fraction of sp³-hybridized carbons (Fsp3) is 0.462. The number of halogens is 1. The van der Waals surface area contributed by atoms with Gasteiger partial charge in [-0.2, -0.15) is 0 Å². The van der Waals surface area contributed by atoms with Crippen LogP contribution in [-0.2, 0) is 4.79 Å². The molecule has 1 atom stereocenters. The fourth-order valence-electron chi connectivity index (χ4n) is 3.02. The van der Waals surface area contributed by atoms with Crippen molar-refractivity contribution < 1.29 is 9.18 Å². The van der Waals surface area contributed by atoms with Crippen molar-refractivity contribution in [1.82, 2.24) is 5.32 Å². The lowest BCUT2D eigenvalue weighted by Gasteiger charge is -2.40. The van der Waals surface area contributed by atoms with E-state index in [1.165, 1.54) is 6.07 Å². The van der Waals surface area contributed by atoms with E-state index in [-0.39, 0.29) is 23.1 Å². The van der Waals surface area contributed by atoms with Gasteiger partial charge in [-0.25, -0.2) is 4.39 Å². The van der Waals surface area contributed by atoms with E-state index >= 15 is 0 Å². The van der Waals surface area contributed by atoms with Crippen LogP contribution in [0.1, 0.15) is 30.7 Å². The zero-order valence-corrected chi connectivity index (χ0v) is 9.00. The van der Waals surface area contributed by atoms with Crippen molar-refractivity contribution in [2.24, 2.45) is 5.41 Å². The number of benzene rings is 1. The van der Waals surface area contributed by atoms with Crippen molar-refractivity contribution >= 4 is 5.91 Å². The molecule has 1 N–H and O–H groups in total. The lowest BCUT2D eigenvalue weighted by molar-refractivity contribution is -0.132. The lowest BCUT2D eigenvalue weighted by atomic mass is 9.61. The summed E-state index contributed by atoms with van der Waals surface area (Å²) < 4.78 is 13.2. The number of carbonyl (C=O) groups excluding carboxylic acids is 1. The molecule has 1 aromatic rings. The quantitative estimate of drug-likeness (QED) is 0.771. The largest absolute Gasteiger partial charge is 0.355 e. The first-order chi connectivity index (χ1) is 7.72. The van der Waals surface area contributed by atoms with Gasteiger partial charge in [0.2, 0.25) is 5.91 Å². The van der Waals surface area contributed by atoms with E-state index in [0.29, 0.717) is 6.54 Å². The molecule has 1 aliphatic heterocycles. The summed E-state index contributed by atoms with van der Waals surface area (Å²) in [5.74, 6) is 0.101. The Balaban J connectivity index is 1.98. The van der Waals surface area contributed by atoms with Crippen molar-refractivity contribution in [3.05, 3.63) is 35.6 Å². The van der Waals surface area contributed by atoms with Gasteiger partial charge in [0, 0.05) is 12.5 Å². The second-order valence-electron chi connectivity index (χ2n) is 4.83. The minimum absolute atomic E-state index is 0.157. The molecule has 2 nitrogen and oxygen atoms in total. The van der Waals surface area contributed by atoms with Gasteiger partial charge in [0.15, 0.2) is 0 Å². The normalized spacial score (nSPS) is 26.6. The average Bonchev–Trinajstić information content (AvgIpc) is 2.55. The minimum atomic E-state index is -0.228. The maximum atomic E-state index is 13.2. The summed E-state index contributed by atoms with van der Waals surface area (Å²) in [6.45, 7) is 0.655. The Morgan fingerprint density at radius 1 is 1.38 bits per heavy atom. The Labute approximate surface area is 93.9 Å². The van der Waals surface area contributed by atoms with Crippen molar-refractivity contribution in [3.63, 3.8) is 0 Å². The standard InChI is InChI=1S/C13H14FNO/c14-10-4-1-3-9(7-10)11-8-15-12(16)13(11)5-2-6-13/h1,3-4,7,11H,2,5-6,8H2,(H,15,16)/t11-/m0/s1. The van der Waals surface area contributed by atoms with Gasteiger partial charge in [0.25, 0.3) is 0 Å².